The number of likely N-dealkylation sites (tertiary alicyclic amines) is 1. The number of imidazole rings is 1. The molecule has 1 amide bonds. The minimum Gasteiger partial charge on any atom is -0.486 e. The fraction of sp³-hybridized carbons (Fsp3) is 0.481. The summed E-state index contributed by atoms with van der Waals surface area (Å²) >= 11 is 0. The van der Waals surface area contributed by atoms with E-state index in [4.69, 9.17) is 4.74 Å². The maximum absolute atomic E-state index is 12.9. The Morgan fingerprint density at radius 3 is 2.60 bits per heavy atom. The molecule has 2 heterocycles. The van der Waals surface area contributed by atoms with Crippen LogP contribution in [0, 0.1) is 0 Å². The Balaban J connectivity index is 1.43. The van der Waals surface area contributed by atoms with Gasteiger partial charge in [-0.05, 0) is 43.2 Å². The minimum absolute atomic E-state index is 0.104. The lowest BCUT2D eigenvalue weighted by atomic mass is 9.83. The average molecular weight is 481 g/mol. The summed E-state index contributed by atoms with van der Waals surface area (Å²) < 4.78 is 9.41. The number of aliphatic hydroxyl groups is 1. The van der Waals surface area contributed by atoms with Gasteiger partial charge in [-0.25, -0.2) is 4.79 Å². The lowest BCUT2D eigenvalue weighted by molar-refractivity contribution is -0.127. The van der Waals surface area contributed by atoms with Crippen LogP contribution in [0.5, 0.6) is 5.75 Å². The fourth-order valence-electron chi connectivity index (χ4n) is 4.92. The number of hydrogen-bond donors (Lipinski definition) is 2. The molecule has 0 saturated carbocycles. The lowest BCUT2D eigenvalue weighted by Gasteiger charge is -2.44. The number of nitrogens with one attached hydrogen (secondary N) is 1. The van der Waals surface area contributed by atoms with E-state index < -0.39 is 11.7 Å². The summed E-state index contributed by atoms with van der Waals surface area (Å²) in [6.07, 6.45) is 3.94. The molecule has 8 nitrogen and oxygen atoms in total. The molecular formula is C27H36N4O4. The maximum atomic E-state index is 12.9. The van der Waals surface area contributed by atoms with Crippen molar-refractivity contribution in [3.63, 3.8) is 0 Å². The van der Waals surface area contributed by atoms with Gasteiger partial charge in [0.05, 0.1) is 17.6 Å². The van der Waals surface area contributed by atoms with Crippen LogP contribution >= 0.6 is 0 Å². The Kier molecular flexibility index (Phi) is 7.62. The van der Waals surface area contributed by atoms with Gasteiger partial charge in [0.15, 0.2) is 0 Å². The molecule has 8 heteroatoms. The van der Waals surface area contributed by atoms with Crippen molar-refractivity contribution in [2.45, 2.75) is 50.7 Å². The topological polar surface area (TPSA) is 88.7 Å². The van der Waals surface area contributed by atoms with Gasteiger partial charge in [0.1, 0.15) is 17.5 Å². The van der Waals surface area contributed by atoms with E-state index in [1.54, 1.807) is 23.2 Å². The Bertz CT molecular complexity index is 1220. The van der Waals surface area contributed by atoms with E-state index >= 15 is 0 Å². The molecule has 0 spiro atoms. The molecule has 1 aliphatic rings. The van der Waals surface area contributed by atoms with E-state index in [1.165, 1.54) is 0 Å². The molecule has 1 aromatic heterocycles. The highest BCUT2D eigenvalue weighted by Crippen LogP contribution is 2.31. The van der Waals surface area contributed by atoms with Crippen LogP contribution in [0.4, 0.5) is 5.69 Å². The standard InChI is InChI=1S/C27H36N4O4/c1-4-5-9-14-27(34)15-16-31(18-24(27)35-21-10-7-6-8-11-21)19-25(32)28-20-12-13-22-23(17-20)30(3)26(33)29(22)2/h6-8,10-13,17,24,34H,4-5,9,14-16,18-19H2,1-3H3,(H,28,32)/t24-,27-/m0/s1. The number of nitrogens with zero attached hydrogens (tertiary/aromatic N) is 3. The third-order valence-electron chi connectivity index (χ3n) is 7.04. The second kappa shape index (κ2) is 10.7. The Labute approximate surface area is 206 Å². The van der Waals surface area contributed by atoms with Crippen LogP contribution in [0.2, 0.25) is 0 Å². The summed E-state index contributed by atoms with van der Waals surface area (Å²) in [7, 11) is 3.45. The average Bonchev–Trinajstić information content (AvgIpc) is 3.06. The Morgan fingerprint density at radius 2 is 1.86 bits per heavy atom. The highest BCUT2D eigenvalue weighted by Gasteiger charge is 2.43. The number of carbonyl (C=O) groups excluding carboxylic acids is 1. The van der Waals surface area contributed by atoms with Crippen molar-refractivity contribution in [2.75, 3.05) is 25.0 Å². The number of amides is 1. The SMILES string of the molecule is CCCCC[C@]1(O)CCN(CC(=O)Nc2ccc3c(c2)n(C)c(=O)n3C)C[C@@H]1Oc1ccccc1. The number of piperidine rings is 1. The quantitative estimate of drug-likeness (QED) is 0.459. The number of carbonyl (C=O) groups is 1. The summed E-state index contributed by atoms with van der Waals surface area (Å²) in [5, 5.41) is 14.4. The van der Waals surface area contributed by atoms with Crippen LogP contribution in [-0.2, 0) is 18.9 Å². The zero-order valence-electron chi connectivity index (χ0n) is 20.9. The predicted molar refractivity (Wildman–Crippen MR) is 138 cm³/mol. The van der Waals surface area contributed by atoms with Crippen molar-refractivity contribution in [1.82, 2.24) is 14.0 Å². The lowest BCUT2D eigenvalue weighted by Crippen LogP contribution is -2.58. The van der Waals surface area contributed by atoms with Gasteiger partial charge in [-0.2, -0.15) is 0 Å². The van der Waals surface area contributed by atoms with Gasteiger partial charge in [-0.3, -0.25) is 18.8 Å². The van der Waals surface area contributed by atoms with E-state index in [9.17, 15) is 14.7 Å². The van der Waals surface area contributed by atoms with Gasteiger partial charge in [0.25, 0.3) is 0 Å². The van der Waals surface area contributed by atoms with Gasteiger partial charge in [-0.15, -0.1) is 0 Å². The molecule has 2 atom stereocenters. The molecule has 1 fully saturated rings. The maximum Gasteiger partial charge on any atom is 0.328 e. The van der Waals surface area contributed by atoms with Gasteiger partial charge in [0, 0.05) is 32.9 Å². The van der Waals surface area contributed by atoms with Crippen molar-refractivity contribution < 1.29 is 14.6 Å². The second-order valence-corrected chi connectivity index (χ2v) is 9.62. The van der Waals surface area contributed by atoms with Gasteiger partial charge in [-0.1, -0.05) is 44.4 Å². The molecule has 0 unspecified atom stereocenters. The molecule has 188 valence electrons. The number of aryl methyl sites for hydroxylation is 2. The predicted octanol–water partition coefficient (Wildman–Crippen LogP) is 3.28. The van der Waals surface area contributed by atoms with Crippen LogP contribution in [-0.4, -0.2) is 56.4 Å². The van der Waals surface area contributed by atoms with Crippen molar-refractivity contribution in [3.05, 3.63) is 59.0 Å². The van der Waals surface area contributed by atoms with Gasteiger partial charge in [0.2, 0.25) is 5.91 Å². The molecule has 4 rings (SSSR count). The highest BCUT2D eigenvalue weighted by atomic mass is 16.5. The fourth-order valence-corrected chi connectivity index (χ4v) is 4.92. The number of rotatable bonds is 9. The van der Waals surface area contributed by atoms with Crippen LogP contribution in [0.3, 0.4) is 0 Å². The number of hydrogen-bond acceptors (Lipinski definition) is 5. The van der Waals surface area contributed by atoms with Crippen molar-refractivity contribution in [1.29, 1.82) is 0 Å². The monoisotopic (exact) mass is 480 g/mol. The van der Waals surface area contributed by atoms with Crippen molar-refractivity contribution in [3.8, 4) is 5.75 Å². The first-order valence-corrected chi connectivity index (χ1v) is 12.4. The molecule has 35 heavy (non-hydrogen) atoms. The van der Waals surface area contributed by atoms with E-state index in [0.717, 1.165) is 36.0 Å². The largest absolute Gasteiger partial charge is 0.486 e. The van der Waals surface area contributed by atoms with Crippen molar-refractivity contribution >= 4 is 22.6 Å². The summed E-state index contributed by atoms with van der Waals surface area (Å²) in [5.41, 5.74) is 1.21. The first-order chi connectivity index (χ1) is 16.8. The van der Waals surface area contributed by atoms with Gasteiger partial charge >= 0.3 is 5.69 Å². The third kappa shape index (κ3) is 5.60. The number of benzene rings is 2. The minimum atomic E-state index is -0.916. The third-order valence-corrected chi connectivity index (χ3v) is 7.04. The number of para-hydroxylation sites is 1. The summed E-state index contributed by atoms with van der Waals surface area (Å²) in [5.74, 6) is 0.583. The second-order valence-electron chi connectivity index (χ2n) is 9.62. The van der Waals surface area contributed by atoms with E-state index in [0.29, 0.717) is 31.6 Å². The van der Waals surface area contributed by atoms with E-state index in [2.05, 4.69) is 12.2 Å². The first kappa shape index (κ1) is 25.0. The normalized spacial score (nSPS) is 20.7. The molecule has 0 radical (unpaired) electrons. The molecule has 3 aromatic rings. The molecule has 0 bridgehead atoms. The zero-order chi connectivity index (χ0) is 25.0. The summed E-state index contributed by atoms with van der Waals surface area (Å²) in [4.78, 5) is 27.1. The molecule has 1 aliphatic heterocycles. The van der Waals surface area contributed by atoms with Crippen LogP contribution in [0.25, 0.3) is 11.0 Å². The Hall–Kier alpha value is -3.10. The van der Waals surface area contributed by atoms with Crippen LogP contribution < -0.4 is 15.7 Å². The van der Waals surface area contributed by atoms with E-state index in [-0.39, 0.29) is 18.1 Å². The summed E-state index contributed by atoms with van der Waals surface area (Å²) in [6.45, 7) is 3.44. The van der Waals surface area contributed by atoms with Crippen molar-refractivity contribution in [2.24, 2.45) is 14.1 Å². The molecule has 2 N–H and O–H groups in total. The summed E-state index contributed by atoms with van der Waals surface area (Å²) in [6, 6.07) is 15.0. The highest BCUT2D eigenvalue weighted by molar-refractivity contribution is 5.94. The van der Waals surface area contributed by atoms with Gasteiger partial charge < -0.3 is 15.2 Å². The molecule has 1 saturated heterocycles. The Morgan fingerprint density at radius 1 is 1.11 bits per heavy atom. The number of fused-ring (bicyclic) bond motifs is 1. The smallest absolute Gasteiger partial charge is 0.328 e. The number of ether oxygens (including phenoxy) is 1. The molecular weight excluding hydrogens is 444 g/mol. The molecule has 0 aliphatic carbocycles. The zero-order valence-corrected chi connectivity index (χ0v) is 20.9. The first-order valence-electron chi connectivity index (χ1n) is 12.4. The number of anilines is 1. The van der Waals surface area contributed by atoms with Crippen LogP contribution in [0.15, 0.2) is 53.3 Å². The number of aromatic nitrogens is 2. The number of unbranched alkanes of at least 4 members (excludes halogenated alkanes) is 2. The van der Waals surface area contributed by atoms with Crippen LogP contribution in [0.1, 0.15) is 39.0 Å². The van der Waals surface area contributed by atoms with E-state index in [1.807, 2.05) is 53.4 Å². The molecule has 2 aromatic carbocycles.